The van der Waals surface area contributed by atoms with Gasteiger partial charge in [0.05, 0.1) is 6.54 Å². The van der Waals surface area contributed by atoms with Gasteiger partial charge in [-0.1, -0.05) is 30.3 Å². The van der Waals surface area contributed by atoms with Crippen LogP contribution >= 0.6 is 11.3 Å². The smallest absolute Gasteiger partial charge is 0.340 e. The van der Waals surface area contributed by atoms with Crippen molar-refractivity contribution in [3.05, 3.63) is 52.5 Å². The highest BCUT2D eigenvalue weighted by atomic mass is 32.1. The van der Waals surface area contributed by atoms with Gasteiger partial charge in [0, 0.05) is 43.9 Å². The van der Waals surface area contributed by atoms with E-state index < -0.39 is 18.6 Å². The summed E-state index contributed by atoms with van der Waals surface area (Å²) in [6, 6.07) is 9.41. The zero-order valence-electron chi connectivity index (χ0n) is 15.7. The van der Waals surface area contributed by atoms with Gasteiger partial charge in [-0.3, -0.25) is 14.5 Å². The van der Waals surface area contributed by atoms with Gasteiger partial charge in [0.2, 0.25) is 5.91 Å². The molecule has 5 nitrogen and oxygen atoms in total. The van der Waals surface area contributed by atoms with Gasteiger partial charge in [-0.2, -0.15) is 13.2 Å². The molecule has 2 aromatic rings. The lowest BCUT2D eigenvalue weighted by Gasteiger charge is -2.35. The van der Waals surface area contributed by atoms with Crippen LogP contribution in [0.25, 0.3) is 0 Å². The Morgan fingerprint density at radius 2 is 1.83 bits per heavy atom. The highest BCUT2D eigenvalue weighted by Gasteiger charge is 2.34. The number of rotatable bonds is 7. The molecule has 1 aromatic heterocycles. The fourth-order valence-corrected chi connectivity index (χ4v) is 3.99. The lowest BCUT2D eigenvalue weighted by molar-refractivity contribution is -0.151. The lowest BCUT2D eigenvalue weighted by atomic mass is 9.91. The number of aromatic nitrogens is 1. The van der Waals surface area contributed by atoms with Crippen LogP contribution in [0.1, 0.15) is 21.8 Å². The van der Waals surface area contributed by atoms with E-state index >= 15 is 0 Å². The number of halogens is 3. The molecule has 1 atom stereocenters. The molecule has 1 aliphatic heterocycles. The number of hydrogen-bond acceptors (Lipinski definition) is 5. The van der Waals surface area contributed by atoms with Gasteiger partial charge in [-0.15, -0.1) is 11.3 Å². The van der Waals surface area contributed by atoms with Crippen molar-refractivity contribution in [2.75, 3.05) is 32.7 Å². The number of carbonyl (C=O) groups excluding carboxylic acids is 2. The number of benzene rings is 1. The molecule has 0 unspecified atom stereocenters. The van der Waals surface area contributed by atoms with E-state index in [0.29, 0.717) is 11.4 Å². The largest absolute Gasteiger partial charge is 0.401 e. The third-order valence-electron chi connectivity index (χ3n) is 4.84. The van der Waals surface area contributed by atoms with Crippen LogP contribution in [0.3, 0.4) is 0 Å². The Bertz CT molecular complexity index is 804. The summed E-state index contributed by atoms with van der Waals surface area (Å²) in [4.78, 5) is 32.4. The topological polar surface area (TPSA) is 53.5 Å². The molecule has 0 aliphatic carbocycles. The number of alkyl halides is 3. The number of amides is 1. The summed E-state index contributed by atoms with van der Waals surface area (Å²) in [5.41, 5.74) is 0.939. The van der Waals surface area contributed by atoms with Crippen molar-refractivity contribution in [3.63, 3.8) is 0 Å². The normalized spacial score (nSPS) is 16.6. The molecule has 29 heavy (non-hydrogen) atoms. The lowest BCUT2D eigenvalue weighted by Crippen LogP contribution is -2.51. The Kier molecular flexibility index (Phi) is 7.02. The van der Waals surface area contributed by atoms with E-state index in [1.54, 1.807) is 10.3 Å². The minimum absolute atomic E-state index is 0.00653. The Morgan fingerprint density at radius 1 is 1.14 bits per heavy atom. The van der Waals surface area contributed by atoms with Gasteiger partial charge in [0.15, 0.2) is 10.8 Å². The van der Waals surface area contributed by atoms with E-state index in [0.717, 1.165) is 5.56 Å². The summed E-state index contributed by atoms with van der Waals surface area (Å²) < 4.78 is 37.6. The molecular weight excluding hydrogens is 403 g/mol. The molecule has 9 heteroatoms. The van der Waals surface area contributed by atoms with Crippen LogP contribution in [-0.2, 0) is 11.2 Å². The fraction of sp³-hybridized carbons (Fsp3) is 0.450. The van der Waals surface area contributed by atoms with E-state index in [1.165, 1.54) is 16.2 Å². The maximum Gasteiger partial charge on any atom is 0.401 e. The molecule has 3 rings (SSSR count). The standard InChI is InChI=1S/C20H21F3N3O2S/c21-20(22,23)14-25-7-9-26(10-8-25)17(27)13-16(12-15-4-2-1-3-5-15)18(28)19-24-6-11-29-19/h1-5,11,16H,7-10,12-14H2/t16-/m0/s1. The number of nitrogens with zero attached hydrogens (tertiary/aromatic N) is 3. The quantitative estimate of drug-likeness (QED) is 0.641. The van der Waals surface area contributed by atoms with Gasteiger partial charge in [0.1, 0.15) is 6.20 Å². The van der Waals surface area contributed by atoms with Crippen molar-refractivity contribution in [3.8, 4) is 0 Å². The van der Waals surface area contributed by atoms with Crippen LogP contribution in [-0.4, -0.2) is 65.4 Å². The van der Waals surface area contributed by atoms with Gasteiger partial charge in [-0.25, -0.2) is 4.98 Å². The number of carbonyl (C=O) groups is 2. The number of Topliss-reactive ketones (excluding diaryl/α,β-unsaturated/α-hetero) is 1. The Labute approximate surface area is 171 Å². The summed E-state index contributed by atoms with van der Waals surface area (Å²) in [5.74, 6) is -0.992. The molecule has 1 aliphatic rings. The SMILES string of the molecule is O=C(c1n[c]cs1)[C@H](CC(=O)N1CCN(CC(F)(F)F)CC1)Cc1ccccc1. The van der Waals surface area contributed by atoms with E-state index in [2.05, 4.69) is 11.2 Å². The molecular formula is C20H21F3N3O2S. The molecule has 1 radical (unpaired) electrons. The highest BCUT2D eigenvalue weighted by Crippen LogP contribution is 2.22. The predicted molar refractivity (Wildman–Crippen MR) is 103 cm³/mol. The summed E-state index contributed by atoms with van der Waals surface area (Å²) in [7, 11) is 0. The molecule has 1 aromatic carbocycles. The second-order valence-electron chi connectivity index (χ2n) is 7.01. The van der Waals surface area contributed by atoms with E-state index in [-0.39, 0.29) is 44.3 Å². The second-order valence-corrected chi connectivity index (χ2v) is 7.87. The van der Waals surface area contributed by atoms with Gasteiger partial charge in [-0.05, 0) is 12.0 Å². The van der Waals surface area contributed by atoms with Crippen LogP contribution in [0.5, 0.6) is 0 Å². The first kappa shape index (κ1) is 21.4. The number of thiazole rings is 1. The zero-order chi connectivity index (χ0) is 20.9. The molecule has 2 heterocycles. The van der Waals surface area contributed by atoms with Crippen molar-refractivity contribution < 1.29 is 22.8 Å². The first-order chi connectivity index (χ1) is 13.8. The van der Waals surface area contributed by atoms with Crippen molar-refractivity contribution in [1.82, 2.24) is 14.8 Å². The first-order valence-corrected chi connectivity index (χ1v) is 10.2. The third-order valence-corrected chi connectivity index (χ3v) is 5.58. The van der Waals surface area contributed by atoms with Crippen LogP contribution in [0, 0.1) is 12.1 Å². The average molecular weight is 424 g/mol. The Balaban J connectivity index is 1.63. The summed E-state index contributed by atoms with van der Waals surface area (Å²) in [6.07, 6.45) is -1.21. The molecule has 0 spiro atoms. The predicted octanol–water partition coefficient (Wildman–Crippen LogP) is 3.08. The van der Waals surface area contributed by atoms with Crippen molar-refractivity contribution in [2.45, 2.75) is 19.0 Å². The molecule has 0 N–H and O–H groups in total. The maximum atomic E-state index is 12.9. The van der Waals surface area contributed by atoms with Crippen LogP contribution in [0.4, 0.5) is 13.2 Å². The summed E-state index contributed by atoms with van der Waals surface area (Å²) >= 11 is 1.18. The molecule has 155 valence electrons. The molecule has 0 bridgehead atoms. The Hall–Kier alpha value is -2.26. The van der Waals surface area contributed by atoms with Gasteiger partial charge < -0.3 is 4.90 Å². The van der Waals surface area contributed by atoms with Crippen LogP contribution < -0.4 is 0 Å². The number of piperazine rings is 1. The minimum Gasteiger partial charge on any atom is -0.340 e. The number of hydrogen-bond donors (Lipinski definition) is 0. The van der Waals surface area contributed by atoms with E-state index in [1.807, 2.05) is 30.3 Å². The van der Waals surface area contributed by atoms with Crippen molar-refractivity contribution >= 4 is 23.0 Å². The van der Waals surface area contributed by atoms with Crippen LogP contribution in [0.15, 0.2) is 35.7 Å². The first-order valence-electron chi connectivity index (χ1n) is 9.28. The fourth-order valence-electron chi connectivity index (χ4n) is 3.39. The average Bonchev–Trinajstić information content (AvgIpc) is 3.22. The monoisotopic (exact) mass is 424 g/mol. The second kappa shape index (κ2) is 9.49. The van der Waals surface area contributed by atoms with E-state index in [9.17, 15) is 22.8 Å². The maximum absolute atomic E-state index is 12.9. The van der Waals surface area contributed by atoms with Crippen molar-refractivity contribution in [2.24, 2.45) is 5.92 Å². The molecule has 1 saturated heterocycles. The minimum atomic E-state index is -4.25. The van der Waals surface area contributed by atoms with Crippen LogP contribution in [0.2, 0.25) is 0 Å². The zero-order valence-corrected chi connectivity index (χ0v) is 16.5. The van der Waals surface area contributed by atoms with Crippen molar-refractivity contribution in [1.29, 1.82) is 0 Å². The molecule has 1 fully saturated rings. The third kappa shape index (κ3) is 6.37. The van der Waals surface area contributed by atoms with Gasteiger partial charge >= 0.3 is 6.18 Å². The summed E-state index contributed by atoms with van der Waals surface area (Å²) in [6.45, 7) is -0.170. The number of ketones is 1. The molecule has 0 saturated carbocycles. The highest BCUT2D eigenvalue weighted by molar-refractivity contribution is 7.11. The summed E-state index contributed by atoms with van der Waals surface area (Å²) in [5, 5.41) is 1.91. The Morgan fingerprint density at radius 3 is 2.41 bits per heavy atom. The van der Waals surface area contributed by atoms with Gasteiger partial charge in [0.25, 0.3) is 0 Å². The van der Waals surface area contributed by atoms with E-state index in [4.69, 9.17) is 0 Å². The molecule has 1 amide bonds.